The average molecular weight is 343 g/mol. The number of carbonyl (C=O) groups is 1. The molecule has 0 saturated heterocycles. The zero-order valence-electron chi connectivity index (χ0n) is 12.9. The van der Waals surface area contributed by atoms with Gasteiger partial charge >= 0.3 is 6.03 Å². The van der Waals surface area contributed by atoms with Gasteiger partial charge < -0.3 is 15.1 Å². The van der Waals surface area contributed by atoms with Crippen LogP contribution in [0.25, 0.3) is 0 Å². The van der Waals surface area contributed by atoms with Crippen molar-refractivity contribution >= 4 is 23.3 Å². The summed E-state index contributed by atoms with van der Waals surface area (Å²) < 4.78 is 5.48. The summed E-state index contributed by atoms with van der Waals surface area (Å²) in [6.45, 7) is 1.70. The third-order valence-corrected chi connectivity index (χ3v) is 3.55. The van der Waals surface area contributed by atoms with Crippen molar-refractivity contribution < 1.29 is 9.21 Å². The van der Waals surface area contributed by atoms with E-state index < -0.39 is 6.04 Å². The smallest absolute Gasteiger partial charge is 0.320 e. The van der Waals surface area contributed by atoms with E-state index in [2.05, 4.69) is 20.8 Å². The predicted molar refractivity (Wildman–Crippen MR) is 90.9 cm³/mol. The molecular formula is C17H15ClN4O2. The van der Waals surface area contributed by atoms with E-state index in [1.165, 1.54) is 0 Å². The minimum Gasteiger partial charge on any atom is -0.423 e. The maximum atomic E-state index is 12.3. The minimum absolute atomic E-state index is 0.324. The first-order chi connectivity index (χ1) is 11.6. The molecule has 0 fully saturated rings. The number of anilines is 1. The lowest BCUT2D eigenvalue weighted by atomic mass is 10.1. The molecule has 0 saturated carbocycles. The van der Waals surface area contributed by atoms with Crippen LogP contribution in [-0.4, -0.2) is 16.2 Å². The Kier molecular flexibility index (Phi) is 4.77. The Morgan fingerprint density at radius 2 is 1.79 bits per heavy atom. The van der Waals surface area contributed by atoms with Crippen molar-refractivity contribution in [1.82, 2.24) is 15.5 Å². The number of hydrogen-bond donors (Lipinski definition) is 2. The number of halogens is 1. The Hall–Kier alpha value is -2.86. The topological polar surface area (TPSA) is 80.0 Å². The SMILES string of the molecule is Cc1nnc(C(NC(=O)Nc2ccc(Cl)cc2)c2ccccc2)o1. The van der Waals surface area contributed by atoms with Crippen LogP contribution in [0, 0.1) is 6.92 Å². The molecule has 24 heavy (non-hydrogen) atoms. The standard InChI is InChI=1S/C17H15ClN4O2/c1-11-21-22-16(24-11)15(12-5-3-2-4-6-12)20-17(23)19-14-9-7-13(18)8-10-14/h2-10,15H,1H3,(H2,19,20,23). The fraction of sp³-hybridized carbons (Fsp3) is 0.118. The molecule has 3 aromatic rings. The molecule has 1 heterocycles. The highest BCUT2D eigenvalue weighted by atomic mass is 35.5. The third-order valence-electron chi connectivity index (χ3n) is 3.30. The highest BCUT2D eigenvalue weighted by Crippen LogP contribution is 2.21. The lowest BCUT2D eigenvalue weighted by Crippen LogP contribution is -2.33. The Labute approximate surface area is 143 Å². The van der Waals surface area contributed by atoms with Crippen molar-refractivity contribution in [2.45, 2.75) is 13.0 Å². The van der Waals surface area contributed by atoms with Gasteiger partial charge in [0, 0.05) is 17.6 Å². The summed E-state index contributed by atoms with van der Waals surface area (Å²) in [5, 5.41) is 14.0. The molecule has 0 aliphatic heterocycles. The quantitative estimate of drug-likeness (QED) is 0.752. The zero-order chi connectivity index (χ0) is 16.9. The molecule has 6 nitrogen and oxygen atoms in total. The van der Waals surface area contributed by atoms with Gasteiger partial charge in [-0.1, -0.05) is 41.9 Å². The molecule has 122 valence electrons. The van der Waals surface area contributed by atoms with Gasteiger partial charge in [-0.3, -0.25) is 0 Å². The Morgan fingerprint density at radius 1 is 1.08 bits per heavy atom. The van der Waals surface area contributed by atoms with E-state index in [4.69, 9.17) is 16.0 Å². The number of nitrogens with one attached hydrogen (secondary N) is 2. The molecule has 0 aliphatic carbocycles. The van der Waals surface area contributed by atoms with Crippen molar-refractivity contribution in [1.29, 1.82) is 0 Å². The molecule has 2 amide bonds. The Morgan fingerprint density at radius 3 is 2.42 bits per heavy atom. The molecule has 7 heteroatoms. The molecule has 1 unspecified atom stereocenters. The summed E-state index contributed by atoms with van der Waals surface area (Å²) in [5.41, 5.74) is 1.47. The lowest BCUT2D eigenvalue weighted by Gasteiger charge is -2.16. The summed E-state index contributed by atoms with van der Waals surface area (Å²) in [6, 6.07) is 15.3. The fourth-order valence-corrected chi connectivity index (χ4v) is 2.32. The normalized spacial score (nSPS) is 11.8. The maximum Gasteiger partial charge on any atom is 0.320 e. The molecule has 2 aromatic carbocycles. The van der Waals surface area contributed by atoms with Crippen LogP contribution in [0.4, 0.5) is 10.5 Å². The number of aromatic nitrogens is 2. The number of aryl methyl sites for hydroxylation is 1. The number of benzene rings is 2. The molecule has 1 atom stereocenters. The van der Waals surface area contributed by atoms with Crippen LogP contribution in [0.5, 0.6) is 0 Å². The monoisotopic (exact) mass is 342 g/mol. The van der Waals surface area contributed by atoms with E-state index in [1.54, 1.807) is 31.2 Å². The largest absolute Gasteiger partial charge is 0.423 e. The van der Waals surface area contributed by atoms with Gasteiger partial charge in [-0.15, -0.1) is 10.2 Å². The predicted octanol–water partition coefficient (Wildman–Crippen LogP) is 3.94. The third kappa shape index (κ3) is 3.91. The second kappa shape index (κ2) is 7.14. The van der Waals surface area contributed by atoms with Gasteiger partial charge in [0.1, 0.15) is 6.04 Å². The van der Waals surface area contributed by atoms with Gasteiger partial charge in [-0.05, 0) is 29.8 Å². The number of amides is 2. The molecule has 0 radical (unpaired) electrons. The lowest BCUT2D eigenvalue weighted by molar-refractivity contribution is 0.248. The summed E-state index contributed by atoms with van der Waals surface area (Å²) in [4.78, 5) is 12.3. The van der Waals surface area contributed by atoms with Gasteiger partial charge in [0.2, 0.25) is 11.8 Å². The van der Waals surface area contributed by atoms with Crippen molar-refractivity contribution in [3.63, 3.8) is 0 Å². The Balaban J connectivity index is 1.79. The van der Waals surface area contributed by atoms with Crippen molar-refractivity contribution in [3.05, 3.63) is 77.0 Å². The van der Waals surface area contributed by atoms with Crippen LogP contribution >= 0.6 is 11.6 Å². The van der Waals surface area contributed by atoms with Crippen LogP contribution < -0.4 is 10.6 Å². The van der Waals surface area contributed by atoms with Gasteiger partial charge in [-0.2, -0.15) is 0 Å². The number of rotatable bonds is 4. The second-order valence-electron chi connectivity index (χ2n) is 5.11. The van der Waals surface area contributed by atoms with E-state index in [0.717, 1.165) is 5.56 Å². The van der Waals surface area contributed by atoms with Crippen molar-refractivity contribution in [3.8, 4) is 0 Å². The molecule has 2 N–H and O–H groups in total. The van der Waals surface area contributed by atoms with Gasteiger partial charge in [-0.25, -0.2) is 4.79 Å². The van der Waals surface area contributed by atoms with Gasteiger partial charge in [0.05, 0.1) is 0 Å². The van der Waals surface area contributed by atoms with Gasteiger partial charge in [0.25, 0.3) is 0 Å². The van der Waals surface area contributed by atoms with E-state index in [-0.39, 0.29) is 6.03 Å². The summed E-state index contributed by atoms with van der Waals surface area (Å²) in [7, 11) is 0. The van der Waals surface area contributed by atoms with E-state index in [1.807, 2.05) is 30.3 Å². The molecule has 1 aromatic heterocycles. The molecule has 0 aliphatic rings. The molecule has 3 rings (SSSR count). The first kappa shape index (κ1) is 16.0. The highest BCUT2D eigenvalue weighted by Gasteiger charge is 2.22. The first-order valence-electron chi connectivity index (χ1n) is 7.30. The molecular weight excluding hydrogens is 328 g/mol. The summed E-state index contributed by atoms with van der Waals surface area (Å²) in [6.07, 6.45) is 0. The van der Waals surface area contributed by atoms with Crippen molar-refractivity contribution in [2.24, 2.45) is 0 Å². The number of nitrogens with zero attached hydrogens (tertiary/aromatic N) is 2. The van der Waals surface area contributed by atoms with Crippen molar-refractivity contribution in [2.75, 3.05) is 5.32 Å². The van der Waals surface area contributed by atoms with Gasteiger partial charge in [0.15, 0.2) is 0 Å². The average Bonchev–Trinajstić information content (AvgIpc) is 3.02. The molecule has 0 spiro atoms. The van der Waals surface area contributed by atoms with Crippen LogP contribution in [0.2, 0.25) is 5.02 Å². The first-order valence-corrected chi connectivity index (χ1v) is 7.67. The van der Waals surface area contributed by atoms with Crippen LogP contribution in [0.15, 0.2) is 59.0 Å². The number of urea groups is 1. The van der Waals surface area contributed by atoms with E-state index in [0.29, 0.717) is 22.5 Å². The fourth-order valence-electron chi connectivity index (χ4n) is 2.19. The zero-order valence-corrected chi connectivity index (χ0v) is 13.6. The summed E-state index contributed by atoms with van der Waals surface area (Å²) >= 11 is 5.84. The summed E-state index contributed by atoms with van der Waals surface area (Å²) in [5.74, 6) is 0.760. The number of carbonyl (C=O) groups excluding carboxylic acids is 1. The van der Waals surface area contributed by atoms with Crippen LogP contribution in [0.3, 0.4) is 0 Å². The number of hydrogen-bond acceptors (Lipinski definition) is 4. The minimum atomic E-state index is -0.542. The second-order valence-corrected chi connectivity index (χ2v) is 5.54. The maximum absolute atomic E-state index is 12.3. The Bertz CT molecular complexity index is 818. The van der Waals surface area contributed by atoms with E-state index in [9.17, 15) is 4.79 Å². The van der Waals surface area contributed by atoms with Crippen LogP contribution in [0.1, 0.15) is 23.4 Å². The van der Waals surface area contributed by atoms with E-state index >= 15 is 0 Å². The molecule has 0 bridgehead atoms. The highest BCUT2D eigenvalue weighted by molar-refractivity contribution is 6.30. The van der Waals surface area contributed by atoms with Crippen LogP contribution in [-0.2, 0) is 0 Å².